The maximum Gasteiger partial charge on any atom is 0.123 e. The predicted octanol–water partition coefficient (Wildman–Crippen LogP) is 11.4. The van der Waals surface area contributed by atoms with Crippen LogP contribution in [0.25, 0.3) is 77.0 Å². The molecule has 9 aromatic rings. The van der Waals surface area contributed by atoms with Gasteiger partial charge in [0.2, 0.25) is 0 Å². The highest BCUT2D eigenvalue weighted by Crippen LogP contribution is 2.46. The van der Waals surface area contributed by atoms with Crippen LogP contribution in [0.1, 0.15) is 11.4 Å². The van der Waals surface area contributed by atoms with Gasteiger partial charge in [0.05, 0.1) is 22.4 Å². The fourth-order valence-electron chi connectivity index (χ4n) is 7.53. The van der Waals surface area contributed by atoms with Crippen molar-refractivity contribution in [1.82, 2.24) is 14.3 Å². The Hall–Kier alpha value is -6.00. The average Bonchev–Trinajstić information content (AvgIpc) is 3.60. The predicted molar refractivity (Wildman–Crippen MR) is 193 cm³/mol. The number of benzene rings is 7. The highest BCUT2D eigenvalue weighted by Gasteiger charge is 2.23. The van der Waals surface area contributed by atoms with Crippen LogP contribution in [0.4, 0.5) is 4.39 Å². The van der Waals surface area contributed by atoms with Crippen LogP contribution in [-0.2, 0) is 0 Å². The summed E-state index contributed by atoms with van der Waals surface area (Å²) in [5, 5.41) is 12.2. The molecule has 0 atom stereocenters. The van der Waals surface area contributed by atoms with Gasteiger partial charge >= 0.3 is 0 Å². The minimum absolute atomic E-state index is 0.239. The number of para-hydroxylation sites is 2. The molecule has 224 valence electrons. The first-order valence-corrected chi connectivity index (χ1v) is 15.9. The zero-order valence-electron chi connectivity index (χ0n) is 26.1. The van der Waals surface area contributed by atoms with Gasteiger partial charge in [-0.3, -0.25) is 0 Å². The first kappa shape index (κ1) is 27.3. The molecule has 0 radical (unpaired) electrons. The number of aryl methyl sites for hydroxylation is 1. The molecule has 0 bridgehead atoms. The lowest BCUT2D eigenvalue weighted by molar-refractivity contribution is 0.627. The molecule has 4 heteroatoms. The molecular formula is C43H30FN3. The fourth-order valence-corrected chi connectivity index (χ4v) is 7.53. The standard InChI is InChI=1S/C43H30FN3/c1-27-41(28(2)47(45-27)32-12-4-3-5-13-32)43-36-17-8-6-15-34(36)42(35-16-7-9-18-37(35)43)29-20-25-40-38(26-29)33-14-10-11-19-39(33)46(40)31-23-21-30(44)22-24-31/h3-26H,1-2H3. The summed E-state index contributed by atoms with van der Waals surface area (Å²) < 4.78 is 18.2. The van der Waals surface area contributed by atoms with Gasteiger partial charge in [-0.1, -0.05) is 91.0 Å². The number of rotatable bonds is 4. The second kappa shape index (κ2) is 10.5. The van der Waals surface area contributed by atoms with Crippen molar-refractivity contribution in [3.05, 3.63) is 163 Å². The topological polar surface area (TPSA) is 22.8 Å². The molecule has 0 spiro atoms. The Morgan fingerprint density at radius 3 is 1.68 bits per heavy atom. The van der Waals surface area contributed by atoms with E-state index in [0.29, 0.717) is 0 Å². The summed E-state index contributed by atoms with van der Waals surface area (Å²) in [6.45, 7) is 4.29. The number of nitrogens with zero attached hydrogens (tertiary/aromatic N) is 3. The third-order valence-corrected chi connectivity index (χ3v) is 9.52. The third kappa shape index (κ3) is 4.15. The Kier molecular flexibility index (Phi) is 6.12. The van der Waals surface area contributed by atoms with E-state index in [1.165, 1.54) is 55.8 Å². The quantitative estimate of drug-likeness (QED) is 0.183. The Bertz CT molecular complexity index is 2590. The molecule has 0 N–H and O–H groups in total. The van der Waals surface area contributed by atoms with E-state index in [9.17, 15) is 4.39 Å². The van der Waals surface area contributed by atoms with Crippen LogP contribution in [0.2, 0.25) is 0 Å². The van der Waals surface area contributed by atoms with E-state index in [1.54, 1.807) is 0 Å². The monoisotopic (exact) mass is 607 g/mol. The van der Waals surface area contributed by atoms with Gasteiger partial charge in [-0.2, -0.15) is 5.10 Å². The van der Waals surface area contributed by atoms with Gasteiger partial charge in [0.25, 0.3) is 0 Å². The summed E-state index contributed by atoms with van der Waals surface area (Å²) in [5.74, 6) is -0.239. The number of halogens is 1. The van der Waals surface area contributed by atoms with Crippen LogP contribution < -0.4 is 0 Å². The van der Waals surface area contributed by atoms with Crippen LogP contribution in [0.15, 0.2) is 146 Å². The fraction of sp³-hybridized carbons (Fsp3) is 0.0465. The zero-order valence-corrected chi connectivity index (χ0v) is 26.1. The largest absolute Gasteiger partial charge is 0.309 e. The van der Waals surface area contributed by atoms with Crippen molar-refractivity contribution in [3.8, 4) is 33.6 Å². The normalized spacial score (nSPS) is 11.7. The molecule has 0 aliphatic rings. The van der Waals surface area contributed by atoms with E-state index >= 15 is 0 Å². The Balaban J connectivity index is 1.34. The van der Waals surface area contributed by atoms with Gasteiger partial charge in [0.1, 0.15) is 5.82 Å². The number of hydrogen-bond donors (Lipinski definition) is 0. The van der Waals surface area contributed by atoms with E-state index in [0.717, 1.165) is 44.7 Å². The molecule has 2 heterocycles. The molecule has 3 nitrogen and oxygen atoms in total. The smallest absolute Gasteiger partial charge is 0.123 e. The molecule has 7 aromatic carbocycles. The van der Waals surface area contributed by atoms with Gasteiger partial charge in [-0.05, 0) is 101 Å². The molecule has 0 unspecified atom stereocenters. The maximum atomic E-state index is 13.9. The zero-order chi connectivity index (χ0) is 31.6. The summed E-state index contributed by atoms with van der Waals surface area (Å²) in [6.07, 6.45) is 0. The second-order valence-corrected chi connectivity index (χ2v) is 12.2. The van der Waals surface area contributed by atoms with E-state index in [-0.39, 0.29) is 5.82 Å². The van der Waals surface area contributed by atoms with Crippen LogP contribution in [0.3, 0.4) is 0 Å². The Morgan fingerprint density at radius 2 is 1.02 bits per heavy atom. The van der Waals surface area contributed by atoms with Crippen molar-refractivity contribution in [3.63, 3.8) is 0 Å². The second-order valence-electron chi connectivity index (χ2n) is 12.2. The molecule has 0 saturated carbocycles. The van der Waals surface area contributed by atoms with Crippen molar-refractivity contribution in [2.45, 2.75) is 13.8 Å². The highest BCUT2D eigenvalue weighted by atomic mass is 19.1. The average molecular weight is 608 g/mol. The molecule has 47 heavy (non-hydrogen) atoms. The van der Waals surface area contributed by atoms with Crippen molar-refractivity contribution in [2.75, 3.05) is 0 Å². The molecular weight excluding hydrogens is 577 g/mol. The van der Waals surface area contributed by atoms with Crippen LogP contribution >= 0.6 is 0 Å². The van der Waals surface area contributed by atoms with E-state index < -0.39 is 0 Å². The maximum absolute atomic E-state index is 13.9. The molecule has 0 saturated heterocycles. The van der Waals surface area contributed by atoms with Crippen molar-refractivity contribution >= 4 is 43.4 Å². The Labute approximate surface area is 271 Å². The summed E-state index contributed by atoms with van der Waals surface area (Å²) in [7, 11) is 0. The third-order valence-electron chi connectivity index (χ3n) is 9.52. The van der Waals surface area contributed by atoms with Gasteiger partial charge in [0, 0.05) is 33.3 Å². The minimum atomic E-state index is -0.239. The first-order valence-electron chi connectivity index (χ1n) is 15.9. The molecule has 0 aliphatic carbocycles. The van der Waals surface area contributed by atoms with Crippen LogP contribution in [0.5, 0.6) is 0 Å². The lowest BCUT2D eigenvalue weighted by atomic mass is 9.85. The van der Waals surface area contributed by atoms with Crippen LogP contribution in [0, 0.1) is 19.7 Å². The van der Waals surface area contributed by atoms with Crippen LogP contribution in [-0.4, -0.2) is 14.3 Å². The van der Waals surface area contributed by atoms with E-state index in [1.807, 2.05) is 18.2 Å². The van der Waals surface area contributed by atoms with Crippen molar-refractivity contribution in [1.29, 1.82) is 0 Å². The molecule has 0 amide bonds. The summed E-state index contributed by atoms with van der Waals surface area (Å²) in [5.41, 5.74) is 11.1. The van der Waals surface area contributed by atoms with Gasteiger partial charge in [0.15, 0.2) is 0 Å². The summed E-state index contributed by atoms with van der Waals surface area (Å²) in [6, 6.07) is 49.9. The van der Waals surface area contributed by atoms with Gasteiger partial charge < -0.3 is 4.57 Å². The number of hydrogen-bond acceptors (Lipinski definition) is 1. The van der Waals surface area contributed by atoms with Crippen molar-refractivity contribution in [2.24, 2.45) is 0 Å². The SMILES string of the molecule is Cc1nn(-c2ccccc2)c(C)c1-c1c2ccccc2c(-c2ccc3c(c2)c2ccccc2n3-c2ccc(F)cc2)c2ccccc12. The minimum Gasteiger partial charge on any atom is -0.309 e. The molecule has 2 aromatic heterocycles. The van der Waals surface area contributed by atoms with E-state index in [2.05, 4.69) is 138 Å². The number of fused-ring (bicyclic) bond motifs is 5. The summed E-state index contributed by atoms with van der Waals surface area (Å²) >= 11 is 0. The number of aromatic nitrogens is 3. The first-order chi connectivity index (χ1) is 23.1. The Morgan fingerprint density at radius 1 is 0.468 bits per heavy atom. The van der Waals surface area contributed by atoms with Gasteiger partial charge in [-0.25, -0.2) is 9.07 Å². The molecule has 9 rings (SSSR count). The lowest BCUT2D eigenvalue weighted by Gasteiger charge is -2.18. The lowest BCUT2D eigenvalue weighted by Crippen LogP contribution is -1.98. The summed E-state index contributed by atoms with van der Waals surface area (Å²) in [4.78, 5) is 0. The molecule has 0 fully saturated rings. The highest BCUT2D eigenvalue weighted by molar-refractivity contribution is 6.22. The van der Waals surface area contributed by atoms with Gasteiger partial charge in [-0.15, -0.1) is 0 Å². The van der Waals surface area contributed by atoms with E-state index in [4.69, 9.17) is 5.10 Å². The molecule has 0 aliphatic heterocycles. The van der Waals surface area contributed by atoms with Crippen molar-refractivity contribution < 1.29 is 4.39 Å².